The molecule has 2 aromatic rings. The van der Waals surface area contributed by atoms with Crippen LogP contribution >= 0.6 is 0 Å². The first-order valence-corrected chi connectivity index (χ1v) is 12.3. The van der Waals surface area contributed by atoms with Gasteiger partial charge >= 0.3 is 0 Å². The van der Waals surface area contributed by atoms with Crippen LogP contribution in [0.15, 0.2) is 24.3 Å². The van der Waals surface area contributed by atoms with E-state index in [-0.39, 0.29) is 17.5 Å². The van der Waals surface area contributed by atoms with E-state index in [4.69, 9.17) is 9.97 Å². The summed E-state index contributed by atoms with van der Waals surface area (Å²) in [6.07, 6.45) is 3.50. The van der Waals surface area contributed by atoms with E-state index in [0.717, 1.165) is 55.1 Å². The van der Waals surface area contributed by atoms with Gasteiger partial charge in [-0.15, -0.1) is 0 Å². The molecule has 1 aromatic carbocycles. The fourth-order valence-electron chi connectivity index (χ4n) is 4.43. The molecule has 1 saturated heterocycles. The standard InChI is InChI=1S/C22H29FN4O2S/c1-3-30(28,29)27-13-10-18(11-14-27)21-24-16(2)20-5-4-12-26(22(20)25-21)15-17-6-8-19(23)9-7-17/h6-9,18H,3-5,10-15H2,1-2H3. The lowest BCUT2D eigenvalue weighted by atomic mass is 9.96. The molecule has 2 aliphatic rings. The molecule has 2 aliphatic heterocycles. The average Bonchev–Trinajstić information content (AvgIpc) is 2.76. The van der Waals surface area contributed by atoms with Gasteiger partial charge in [-0.1, -0.05) is 12.1 Å². The number of sulfonamides is 1. The number of aromatic nitrogens is 2. The second-order valence-electron chi connectivity index (χ2n) is 8.19. The van der Waals surface area contributed by atoms with Gasteiger partial charge in [-0.05, 0) is 57.2 Å². The van der Waals surface area contributed by atoms with Crippen LogP contribution in [-0.2, 0) is 23.0 Å². The number of piperidine rings is 1. The van der Waals surface area contributed by atoms with Gasteiger partial charge in [-0.2, -0.15) is 0 Å². The zero-order valence-corrected chi connectivity index (χ0v) is 18.5. The second-order valence-corrected chi connectivity index (χ2v) is 10.5. The Balaban J connectivity index is 1.56. The van der Waals surface area contributed by atoms with E-state index in [2.05, 4.69) is 4.90 Å². The summed E-state index contributed by atoms with van der Waals surface area (Å²) in [5.74, 6) is 1.90. The largest absolute Gasteiger partial charge is 0.352 e. The van der Waals surface area contributed by atoms with E-state index in [1.54, 1.807) is 11.2 Å². The Hall–Kier alpha value is -2.06. The normalized spacial score (nSPS) is 18.4. The number of benzene rings is 1. The molecule has 0 amide bonds. The number of anilines is 1. The lowest BCUT2D eigenvalue weighted by Crippen LogP contribution is -2.39. The minimum atomic E-state index is -3.14. The molecule has 0 spiro atoms. The first kappa shape index (κ1) is 21.2. The molecule has 0 aliphatic carbocycles. The molecule has 1 fully saturated rings. The van der Waals surface area contributed by atoms with Gasteiger partial charge in [0.15, 0.2) is 0 Å². The lowest BCUT2D eigenvalue weighted by Gasteiger charge is -2.33. The minimum Gasteiger partial charge on any atom is -0.352 e. The molecule has 0 atom stereocenters. The van der Waals surface area contributed by atoms with Gasteiger partial charge in [0.1, 0.15) is 17.5 Å². The highest BCUT2D eigenvalue weighted by Gasteiger charge is 2.30. The summed E-state index contributed by atoms with van der Waals surface area (Å²) in [4.78, 5) is 12.1. The predicted octanol–water partition coefficient (Wildman–Crippen LogP) is 3.41. The van der Waals surface area contributed by atoms with E-state index >= 15 is 0 Å². The highest BCUT2D eigenvalue weighted by Crippen LogP contribution is 2.33. The first-order chi connectivity index (χ1) is 14.4. The Morgan fingerprint density at radius 2 is 1.80 bits per heavy atom. The quantitative estimate of drug-likeness (QED) is 0.724. The Bertz CT molecular complexity index is 1000. The summed E-state index contributed by atoms with van der Waals surface area (Å²) in [5, 5.41) is 0. The summed E-state index contributed by atoms with van der Waals surface area (Å²) < 4.78 is 39.1. The van der Waals surface area contributed by atoms with Gasteiger partial charge in [0, 0.05) is 43.4 Å². The smallest absolute Gasteiger partial charge is 0.213 e. The van der Waals surface area contributed by atoms with Crippen molar-refractivity contribution in [2.45, 2.75) is 52.0 Å². The van der Waals surface area contributed by atoms with E-state index in [9.17, 15) is 12.8 Å². The zero-order valence-electron chi connectivity index (χ0n) is 17.6. The SMILES string of the molecule is CCS(=O)(=O)N1CCC(c2nc(C)c3c(n2)N(Cc2ccc(F)cc2)CCC3)CC1. The first-order valence-electron chi connectivity index (χ1n) is 10.7. The van der Waals surface area contributed by atoms with E-state index in [1.165, 1.54) is 17.7 Å². The number of halogens is 1. The molecule has 1 aromatic heterocycles. The van der Waals surface area contributed by atoms with E-state index in [0.29, 0.717) is 19.6 Å². The van der Waals surface area contributed by atoms with Gasteiger partial charge in [-0.3, -0.25) is 0 Å². The van der Waals surface area contributed by atoms with Crippen LogP contribution < -0.4 is 4.90 Å². The van der Waals surface area contributed by atoms with Gasteiger partial charge in [0.25, 0.3) is 0 Å². The van der Waals surface area contributed by atoms with Crippen LogP contribution in [0.2, 0.25) is 0 Å². The molecule has 0 N–H and O–H groups in total. The molecule has 162 valence electrons. The topological polar surface area (TPSA) is 66.4 Å². The Morgan fingerprint density at radius 3 is 2.47 bits per heavy atom. The highest BCUT2D eigenvalue weighted by molar-refractivity contribution is 7.89. The second kappa shape index (κ2) is 8.59. The van der Waals surface area contributed by atoms with Crippen molar-refractivity contribution in [3.63, 3.8) is 0 Å². The third-order valence-corrected chi connectivity index (χ3v) is 8.11. The molecule has 8 heteroatoms. The number of aryl methyl sites for hydroxylation is 1. The van der Waals surface area contributed by atoms with Crippen molar-refractivity contribution in [2.75, 3.05) is 30.3 Å². The van der Waals surface area contributed by atoms with Crippen molar-refractivity contribution in [3.8, 4) is 0 Å². The zero-order chi connectivity index (χ0) is 21.3. The molecule has 0 bridgehead atoms. The van der Waals surface area contributed by atoms with Crippen LogP contribution in [0.4, 0.5) is 10.2 Å². The van der Waals surface area contributed by atoms with Crippen molar-refractivity contribution in [3.05, 3.63) is 52.7 Å². The van der Waals surface area contributed by atoms with Crippen molar-refractivity contribution in [2.24, 2.45) is 0 Å². The van der Waals surface area contributed by atoms with Crippen molar-refractivity contribution in [1.29, 1.82) is 0 Å². The summed E-state index contributed by atoms with van der Waals surface area (Å²) in [5.41, 5.74) is 3.26. The van der Waals surface area contributed by atoms with Crippen LogP contribution in [0.25, 0.3) is 0 Å². The number of fused-ring (bicyclic) bond motifs is 1. The highest BCUT2D eigenvalue weighted by atomic mass is 32.2. The molecule has 6 nitrogen and oxygen atoms in total. The molecule has 0 radical (unpaired) electrons. The third-order valence-electron chi connectivity index (χ3n) is 6.23. The van der Waals surface area contributed by atoms with Gasteiger partial charge in [0.2, 0.25) is 10.0 Å². The van der Waals surface area contributed by atoms with Gasteiger partial charge in [0.05, 0.1) is 5.75 Å². The Morgan fingerprint density at radius 1 is 1.10 bits per heavy atom. The van der Waals surface area contributed by atoms with Crippen LogP contribution in [0.5, 0.6) is 0 Å². The van der Waals surface area contributed by atoms with Gasteiger partial charge < -0.3 is 4.90 Å². The summed E-state index contributed by atoms with van der Waals surface area (Å²) in [6, 6.07) is 6.63. The number of hydrogen-bond acceptors (Lipinski definition) is 5. The van der Waals surface area contributed by atoms with E-state index in [1.807, 2.05) is 19.1 Å². The van der Waals surface area contributed by atoms with Crippen LogP contribution in [0, 0.1) is 12.7 Å². The van der Waals surface area contributed by atoms with Crippen molar-refractivity contribution >= 4 is 15.8 Å². The third kappa shape index (κ3) is 4.34. The van der Waals surface area contributed by atoms with Gasteiger partial charge in [-0.25, -0.2) is 27.1 Å². The van der Waals surface area contributed by atoms with Crippen LogP contribution in [0.1, 0.15) is 54.7 Å². The number of hydrogen-bond donors (Lipinski definition) is 0. The molecule has 0 saturated carbocycles. The maximum Gasteiger partial charge on any atom is 0.213 e. The summed E-state index contributed by atoms with van der Waals surface area (Å²) >= 11 is 0. The fraction of sp³-hybridized carbons (Fsp3) is 0.545. The minimum absolute atomic E-state index is 0.143. The van der Waals surface area contributed by atoms with E-state index < -0.39 is 10.0 Å². The maximum absolute atomic E-state index is 13.3. The summed E-state index contributed by atoms with van der Waals surface area (Å²) in [6.45, 7) is 6.39. The molecular weight excluding hydrogens is 403 g/mol. The molecular formula is C22H29FN4O2S. The van der Waals surface area contributed by atoms with Crippen molar-refractivity contribution < 1.29 is 12.8 Å². The molecule has 0 unspecified atom stereocenters. The maximum atomic E-state index is 13.3. The Kier molecular flexibility index (Phi) is 6.06. The molecule has 4 rings (SSSR count). The molecule has 30 heavy (non-hydrogen) atoms. The van der Waals surface area contributed by atoms with Crippen LogP contribution in [-0.4, -0.2) is 48.1 Å². The lowest BCUT2D eigenvalue weighted by molar-refractivity contribution is 0.313. The number of nitrogens with zero attached hydrogens (tertiary/aromatic N) is 4. The molecule has 3 heterocycles. The fourth-order valence-corrected chi connectivity index (χ4v) is 5.56. The van der Waals surface area contributed by atoms with Crippen LogP contribution in [0.3, 0.4) is 0 Å². The summed E-state index contributed by atoms with van der Waals surface area (Å²) in [7, 11) is -3.14. The predicted molar refractivity (Wildman–Crippen MR) is 116 cm³/mol. The monoisotopic (exact) mass is 432 g/mol. The average molecular weight is 433 g/mol. The number of rotatable bonds is 5. The van der Waals surface area contributed by atoms with Crippen molar-refractivity contribution in [1.82, 2.24) is 14.3 Å². The Labute approximate surface area is 178 Å².